The molecule has 0 N–H and O–H groups in total. The van der Waals surface area contributed by atoms with Gasteiger partial charge in [-0.05, 0) is 42.5 Å². The van der Waals surface area contributed by atoms with Crippen molar-refractivity contribution in [2.75, 3.05) is 13.4 Å². The number of methoxy groups -OCH3 is 1. The van der Waals surface area contributed by atoms with Crippen molar-refractivity contribution < 1.29 is 13.2 Å². The first-order chi connectivity index (χ1) is 13.3. The Morgan fingerprint density at radius 1 is 1.04 bits per heavy atom. The number of hydrogen-bond acceptors (Lipinski definition) is 5. The molecule has 4 rings (SSSR count). The standard InChI is InChI=1S/C20H14ClN3O3S/c1-27-18-10-9-15-14(19(18)21)7-8-16-17(11-22)23-24(20(15)16)12-3-5-13(6-4-12)28(2,25)26/h3-10H,1-2H3. The molecule has 0 aliphatic carbocycles. The molecule has 0 amide bonds. The normalized spacial score (nSPS) is 11.6. The van der Waals surface area contributed by atoms with Crippen molar-refractivity contribution in [2.45, 2.75) is 4.90 Å². The summed E-state index contributed by atoms with van der Waals surface area (Å²) in [5.41, 5.74) is 1.63. The van der Waals surface area contributed by atoms with E-state index in [4.69, 9.17) is 16.3 Å². The Hall–Kier alpha value is -3.08. The van der Waals surface area contributed by atoms with E-state index in [0.717, 1.165) is 17.0 Å². The molecule has 140 valence electrons. The molecule has 28 heavy (non-hydrogen) atoms. The van der Waals surface area contributed by atoms with Gasteiger partial charge in [0.25, 0.3) is 0 Å². The first-order valence-electron chi connectivity index (χ1n) is 8.23. The first kappa shape index (κ1) is 18.3. The summed E-state index contributed by atoms with van der Waals surface area (Å²) in [6.45, 7) is 0. The Morgan fingerprint density at radius 2 is 1.68 bits per heavy atom. The maximum absolute atomic E-state index is 11.7. The number of hydrogen-bond donors (Lipinski definition) is 0. The first-order valence-corrected chi connectivity index (χ1v) is 10.5. The molecule has 0 saturated heterocycles. The monoisotopic (exact) mass is 411 g/mol. The van der Waals surface area contributed by atoms with Crippen LogP contribution >= 0.6 is 11.6 Å². The van der Waals surface area contributed by atoms with E-state index in [2.05, 4.69) is 11.2 Å². The van der Waals surface area contributed by atoms with Gasteiger partial charge >= 0.3 is 0 Å². The third-order valence-electron chi connectivity index (χ3n) is 4.57. The molecule has 0 unspecified atom stereocenters. The zero-order chi connectivity index (χ0) is 20.1. The lowest BCUT2D eigenvalue weighted by Crippen LogP contribution is -2.00. The summed E-state index contributed by atoms with van der Waals surface area (Å²) in [4.78, 5) is 0.214. The van der Waals surface area contributed by atoms with Gasteiger partial charge in [0.15, 0.2) is 15.5 Å². The SMILES string of the molecule is COc1ccc2c(ccc3c(C#N)nn(-c4ccc(S(C)(=O)=O)cc4)c32)c1Cl. The van der Waals surface area contributed by atoms with Crippen molar-refractivity contribution in [1.82, 2.24) is 9.78 Å². The van der Waals surface area contributed by atoms with Gasteiger partial charge in [-0.1, -0.05) is 17.7 Å². The lowest BCUT2D eigenvalue weighted by atomic mass is 10.1. The van der Waals surface area contributed by atoms with Crippen LogP contribution in [0.25, 0.3) is 27.4 Å². The number of benzene rings is 3. The van der Waals surface area contributed by atoms with E-state index >= 15 is 0 Å². The molecule has 0 saturated carbocycles. The lowest BCUT2D eigenvalue weighted by molar-refractivity contribution is 0.415. The molecule has 3 aromatic carbocycles. The second-order valence-corrected chi connectivity index (χ2v) is 8.67. The zero-order valence-electron chi connectivity index (χ0n) is 15.0. The van der Waals surface area contributed by atoms with Crippen molar-refractivity contribution >= 4 is 43.1 Å². The van der Waals surface area contributed by atoms with Gasteiger partial charge < -0.3 is 4.74 Å². The highest BCUT2D eigenvalue weighted by Crippen LogP contribution is 2.37. The van der Waals surface area contributed by atoms with Crippen molar-refractivity contribution in [3.05, 3.63) is 59.2 Å². The molecule has 0 atom stereocenters. The zero-order valence-corrected chi connectivity index (χ0v) is 16.5. The predicted molar refractivity (Wildman–Crippen MR) is 108 cm³/mol. The number of halogens is 1. The van der Waals surface area contributed by atoms with Crippen LogP contribution < -0.4 is 4.74 Å². The van der Waals surface area contributed by atoms with Crippen molar-refractivity contribution in [3.8, 4) is 17.5 Å². The minimum atomic E-state index is -3.31. The summed E-state index contributed by atoms with van der Waals surface area (Å²) in [5.74, 6) is 0.553. The molecule has 6 nitrogen and oxygen atoms in total. The molecule has 4 aromatic rings. The Balaban J connectivity index is 2.06. The van der Waals surface area contributed by atoms with E-state index in [1.165, 1.54) is 12.1 Å². The molecule has 0 bridgehead atoms. The third-order valence-corrected chi connectivity index (χ3v) is 6.09. The van der Waals surface area contributed by atoms with Gasteiger partial charge in [0.05, 0.1) is 28.2 Å². The maximum atomic E-state index is 11.7. The minimum Gasteiger partial charge on any atom is -0.495 e. The van der Waals surface area contributed by atoms with Crippen molar-refractivity contribution in [3.63, 3.8) is 0 Å². The number of aromatic nitrogens is 2. The average Bonchev–Trinajstić information content (AvgIpc) is 3.07. The van der Waals surface area contributed by atoms with E-state index in [9.17, 15) is 13.7 Å². The van der Waals surface area contributed by atoms with Crippen LogP contribution in [0.1, 0.15) is 5.69 Å². The molecule has 0 aliphatic heterocycles. The smallest absolute Gasteiger partial charge is 0.175 e. The highest BCUT2D eigenvalue weighted by atomic mass is 35.5. The van der Waals surface area contributed by atoms with Crippen LogP contribution in [0.4, 0.5) is 0 Å². The van der Waals surface area contributed by atoms with Crippen molar-refractivity contribution in [1.29, 1.82) is 5.26 Å². The third kappa shape index (κ3) is 2.78. The number of nitrogens with zero attached hydrogens (tertiary/aromatic N) is 3. The molecule has 0 aliphatic rings. The summed E-state index contributed by atoms with van der Waals surface area (Å²) >= 11 is 6.47. The van der Waals surface area contributed by atoms with Gasteiger partial charge in [-0.15, -0.1) is 0 Å². The number of ether oxygens (including phenoxy) is 1. The predicted octanol–water partition coefficient (Wildman–Crippen LogP) is 4.12. The molecule has 1 aromatic heterocycles. The quantitative estimate of drug-likeness (QED) is 0.506. The van der Waals surface area contributed by atoms with Crippen LogP contribution in [0.2, 0.25) is 5.02 Å². The summed E-state index contributed by atoms with van der Waals surface area (Å²) < 4.78 is 30.4. The maximum Gasteiger partial charge on any atom is 0.175 e. The molecular weight excluding hydrogens is 398 g/mol. The Bertz CT molecular complexity index is 1380. The second kappa shape index (κ2) is 6.51. The van der Waals surface area contributed by atoms with Crippen LogP contribution in [0.15, 0.2) is 53.4 Å². The molecule has 0 fully saturated rings. The van der Waals surface area contributed by atoms with Gasteiger partial charge in [0.2, 0.25) is 0 Å². The van der Waals surface area contributed by atoms with Gasteiger partial charge in [0.1, 0.15) is 11.8 Å². The fourth-order valence-electron chi connectivity index (χ4n) is 3.22. The highest BCUT2D eigenvalue weighted by molar-refractivity contribution is 7.90. The number of sulfone groups is 1. The van der Waals surface area contributed by atoms with Crippen LogP contribution in [-0.4, -0.2) is 31.6 Å². The summed E-state index contributed by atoms with van der Waals surface area (Å²) in [5, 5.41) is 16.7. The van der Waals surface area contributed by atoms with E-state index in [1.807, 2.05) is 12.1 Å². The fourth-order valence-corrected chi connectivity index (χ4v) is 4.15. The van der Waals surface area contributed by atoms with Crippen molar-refractivity contribution in [2.24, 2.45) is 0 Å². The van der Waals surface area contributed by atoms with Crippen LogP contribution in [0.5, 0.6) is 5.75 Å². The van der Waals surface area contributed by atoms with E-state index in [0.29, 0.717) is 27.4 Å². The van der Waals surface area contributed by atoms with Gasteiger partial charge in [0, 0.05) is 22.4 Å². The van der Waals surface area contributed by atoms with Gasteiger partial charge in [-0.25, -0.2) is 13.1 Å². The average molecular weight is 412 g/mol. The molecular formula is C20H14ClN3O3S. The fraction of sp³-hybridized carbons (Fsp3) is 0.100. The van der Waals surface area contributed by atoms with Gasteiger partial charge in [-0.2, -0.15) is 10.4 Å². The Morgan fingerprint density at radius 3 is 2.29 bits per heavy atom. The van der Waals surface area contributed by atoms with E-state index < -0.39 is 9.84 Å². The van der Waals surface area contributed by atoms with Crippen LogP contribution in [-0.2, 0) is 9.84 Å². The molecule has 0 radical (unpaired) electrons. The van der Waals surface area contributed by atoms with E-state index in [1.54, 1.807) is 36.1 Å². The Kier molecular flexibility index (Phi) is 4.26. The number of rotatable bonds is 3. The summed E-state index contributed by atoms with van der Waals surface area (Å²) in [7, 11) is -1.76. The second-order valence-electron chi connectivity index (χ2n) is 6.28. The lowest BCUT2D eigenvalue weighted by Gasteiger charge is -2.10. The number of fused-ring (bicyclic) bond motifs is 3. The van der Waals surface area contributed by atoms with Gasteiger partial charge in [-0.3, -0.25) is 0 Å². The largest absolute Gasteiger partial charge is 0.495 e. The summed E-state index contributed by atoms with van der Waals surface area (Å²) in [6, 6.07) is 15.7. The molecule has 1 heterocycles. The number of nitriles is 1. The van der Waals surface area contributed by atoms with E-state index in [-0.39, 0.29) is 10.6 Å². The minimum absolute atomic E-state index is 0.214. The molecule has 0 spiro atoms. The molecule has 8 heteroatoms. The topological polar surface area (TPSA) is 85.0 Å². The highest BCUT2D eigenvalue weighted by Gasteiger charge is 2.17. The Labute approximate surface area is 166 Å². The van der Waals surface area contributed by atoms with Crippen LogP contribution in [0.3, 0.4) is 0 Å². The summed E-state index contributed by atoms with van der Waals surface area (Å²) in [6.07, 6.45) is 1.15. The van der Waals surface area contributed by atoms with Crippen LogP contribution in [0, 0.1) is 11.3 Å².